The first-order valence-electron chi connectivity index (χ1n) is 5.33. The molecule has 2 rings (SSSR count). The molecule has 0 aromatic heterocycles. The summed E-state index contributed by atoms with van der Waals surface area (Å²) >= 11 is 9.05. The molecule has 7 heteroatoms. The van der Waals surface area contributed by atoms with Gasteiger partial charge in [-0.15, -0.1) is 0 Å². The van der Waals surface area contributed by atoms with Crippen molar-refractivity contribution in [1.29, 1.82) is 5.26 Å². The number of benzene rings is 2. The molecule has 0 spiro atoms. The number of halogens is 2. The van der Waals surface area contributed by atoms with Gasteiger partial charge in [0.1, 0.15) is 28.2 Å². The SMILES string of the molecule is N#Cc1c(Br)cccc1Oc1ccc([N+](=O)[O-])c(Cl)c1. The maximum atomic E-state index is 10.7. The number of nitriles is 1. The third kappa shape index (κ3) is 2.90. The first kappa shape index (κ1) is 14.3. The lowest BCUT2D eigenvalue weighted by atomic mass is 10.2. The van der Waals surface area contributed by atoms with Crippen molar-refractivity contribution in [3.63, 3.8) is 0 Å². The average Bonchev–Trinajstić information content (AvgIpc) is 2.38. The van der Waals surface area contributed by atoms with Crippen molar-refractivity contribution in [2.45, 2.75) is 0 Å². The van der Waals surface area contributed by atoms with Gasteiger partial charge in [-0.05, 0) is 34.1 Å². The lowest BCUT2D eigenvalue weighted by Crippen LogP contribution is -1.92. The zero-order valence-corrected chi connectivity index (χ0v) is 12.2. The normalized spacial score (nSPS) is 9.85. The van der Waals surface area contributed by atoms with E-state index in [4.69, 9.17) is 21.6 Å². The highest BCUT2D eigenvalue weighted by molar-refractivity contribution is 9.10. The van der Waals surface area contributed by atoms with Gasteiger partial charge in [-0.25, -0.2) is 0 Å². The summed E-state index contributed by atoms with van der Waals surface area (Å²) in [6.45, 7) is 0. The van der Waals surface area contributed by atoms with E-state index in [1.807, 2.05) is 6.07 Å². The van der Waals surface area contributed by atoms with Gasteiger partial charge in [-0.3, -0.25) is 10.1 Å². The van der Waals surface area contributed by atoms with Gasteiger partial charge in [0.15, 0.2) is 0 Å². The molecule has 2 aromatic rings. The summed E-state index contributed by atoms with van der Waals surface area (Å²) in [4.78, 5) is 10.1. The van der Waals surface area contributed by atoms with Crippen LogP contribution in [0, 0.1) is 21.4 Å². The first-order chi connectivity index (χ1) is 9.52. The van der Waals surface area contributed by atoms with E-state index in [-0.39, 0.29) is 10.7 Å². The minimum atomic E-state index is -0.577. The lowest BCUT2D eigenvalue weighted by Gasteiger charge is -2.08. The molecule has 0 N–H and O–H groups in total. The zero-order valence-electron chi connectivity index (χ0n) is 9.84. The molecular formula is C13H6BrClN2O3. The van der Waals surface area contributed by atoms with Crippen molar-refractivity contribution in [2.75, 3.05) is 0 Å². The minimum absolute atomic E-state index is 0.0268. The molecule has 0 saturated heterocycles. The molecule has 0 atom stereocenters. The standard InChI is InChI=1S/C13H6BrClN2O3/c14-10-2-1-3-13(9(10)7-16)20-8-4-5-12(17(18)19)11(15)6-8/h1-6H. The van der Waals surface area contributed by atoms with Gasteiger partial charge in [0.2, 0.25) is 0 Å². The summed E-state index contributed by atoms with van der Waals surface area (Å²) in [6, 6.07) is 11.1. The summed E-state index contributed by atoms with van der Waals surface area (Å²) < 4.78 is 6.14. The van der Waals surface area contributed by atoms with Gasteiger partial charge in [0.25, 0.3) is 5.69 Å². The molecule has 0 aliphatic heterocycles. The molecule has 5 nitrogen and oxygen atoms in total. The Balaban J connectivity index is 2.37. The van der Waals surface area contributed by atoms with Crippen molar-refractivity contribution in [2.24, 2.45) is 0 Å². The maximum Gasteiger partial charge on any atom is 0.288 e. The number of nitro groups is 1. The van der Waals surface area contributed by atoms with Crippen molar-refractivity contribution >= 4 is 33.2 Å². The second-order valence-electron chi connectivity index (χ2n) is 3.70. The Morgan fingerprint density at radius 2 is 2.10 bits per heavy atom. The van der Waals surface area contributed by atoms with Crippen LogP contribution in [0.5, 0.6) is 11.5 Å². The molecule has 2 aromatic carbocycles. The van der Waals surface area contributed by atoms with Crippen molar-refractivity contribution in [3.05, 3.63) is 61.6 Å². The monoisotopic (exact) mass is 352 g/mol. The van der Waals surface area contributed by atoms with Crippen LogP contribution in [0.1, 0.15) is 5.56 Å². The maximum absolute atomic E-state index is 10.7. The van der Waals surface area contributed by atoms with Gasteiger partial charge in [0.05, 0.1) is 4.92 Å². The van der Waals surface area contributed by atoms with E-state index in [1.165, 1.54) is 18.2 Å². The summed E-state index contributed by atoms with van der Waals surface area (Å²) in [6.07, 6.45) is 0. The number of rotatable bonds is 3. The van der Waals surface area contributed by atoms with Crippen LogP contribution in [0.4, 0.5) is 5.69 Å². The molecule has 0 heterocycles. The Morgan fingerprint density at radius 1 is 1.35 bits per heavy atom. The molecule has 0 unspecified atom stereocenters. The van der Waals surface area contributed by atoms with E-state index in [9.17, 15) is 10.1 Å². The van der Waals surface area contributed by atoms with Crippen molar-refractivity contribution in [1.82, 2.24) is 0 Å². The van der Waals surface area contributed by atoms with Gasteiger partial charge >= 0.3 is 0 Å². The Bertz CT molecular complexity index is 728. The van der Waals surface area contributed by atoms with Crippen LogP contribution >= 0.6 is 27.5 Å². The molecule has 0 amide bonds. The molecule has 20 heavy (non-hydrogen) atoms. The minimum Gasteiger partial charge on any atom is -0.456 e. The predicted molar refractivity (Wildman–Crippen MR) is 77.0 cm³/mol. The fraction of sp³-hybridized carbons (Fsp3) is 0. The van der Waals surface area contributed by atoms with Crippen LogP contribution in [-0.2, 0) is 0 Å². The van der Waals surface area contributed by atoms with Crippen LogP contribution in [0.2, 0.25) is 5.02 Å². The van der Waals surface area contributed by atoms with Crippen LogP contribution < -0.4 is 4.74 Å². The van der Waals surface area contributed by atoms with Gasteiger partial charge in [-0.2, -0.15) is 5.26 Å². The van der Waals surface area contributed by atoms with E-state index in [0.717, 1.165) is 0 Å². The number of ether oxygens (including phenoxy) is 1. The molecule has 0 saturated carbocycles. The highest BCUT2D eigenvalue weighted by Crippen LogP contribution is 2.33. The van der Waals surface area contributed by atoms with Gasteiger partial charge in [-0.1, -0.05) is 17.7 Å². The summed E-state index contributed by atoms with van der Waals surface area (Å²) in [5, 5.41) is 19.7. The second-order valence-corrected chi connectivity index (χ2v) is 4.96. The Morgan fingerprint density at radius 3 is 2.70 bits per heavy atom. The Hall–Kier alpha value is -2.10. The van der Waals surface area contributed by atoms with E-state index in [1.54, 1.807) is 18.2 Å². The molecule has 0 radical (unpaired) electrons. The predicted octanol–water partition coefficient (Wildman–Crippen LogP) is 4.67. The first-order valence-corrected chi connectivity index (χ1v) is 6.50. The third-order valence-corrected chi connectivity index (χ3v) is 3.39. The Labute approximate surface area is 127 Å². The van der Waals surface area contributed by atoms with E-state index >= 15 is 0 Å². The summed E-state index contributed by atoms with van der Waals surface area (Å²) in [5.41, 5.74) is 0.135. The summed E-state index contributed by atoms with van der Waals surface area (Å²) in [7, 11) is 0. The number of nitrogens with zero attached hydrogens (tertiary/aromatic N) is 2. The highest BCUT2D eigenvalue weighted by atomic mass is 79.9. The van der Waals surface area contributed by atoms with Crippen LogP contribution in [0.15, 0.2) is 40.9 Å². The van der Waals surface area contributed by atoms with Gasteiger partial charge < -0.3 is 4.74 Å². The molecule has 100 valence electrons. The quantitative estimate of drug-likeness (QED) is 0.593. The van der Waals surface area contributed by atoms with Crippen LogP contribution in [0.3, 0.4) is 0 Å². The van der Waals surface area contributed by atoms with Crippen molar-refractivity contribution in [3.8, 4) is 17.6 Å². The van der Waals surface area contributed by atoms with Crippen LogP contribution in [-0.4, -0.2) is 4.92 Å². The van der Waals surface area contributed by atoms with E-state index in [0.29, 0.717) is 21.5 Å². The lowest BCUT2D eigenvalue weighted by molar-refractivity contribution is -0.384. The molecule has 0 aliphatic rings. The number of nitro benzene ring substituents is 1. The third-order valence-electron chi connectivity index (χ3n) is 2.43. The van der Waals surface area contributed by atoms with Gasteiger partial charge in [0, 0.05) is 16.6 Å². The highest BCUT2D eigenvalue weighted by Gasteiger charge is 2.14. The molecule has 0 bridgehead atoms. The van der Waals surface area contributed by atoms with Crippen molar-refractivity contribution < 1.29 is 9.66 Å². The van der Waals surface area contributed by atoms with E-state index in [2.05, 4.69) is 15.9 Å². The van der Waals surface area contributed by atoms with E-state index < -0.39 is 4.92 Å². The summed E-state index contributed by atoms with van der Waals surface area (Å²) in [5.74, 6) is 0.655. The Kier molecular flexibility index (Phi) is 4.23. The molecular weight excluding hydrogens is 348 g/mol. The topological polar surface area (TPSA) is 76.2 Å². The molecule has 0 aliphatic carbocycles. The number of hydrogen-bond donors (Lipinski definition) is 0. The second kappa shape index (κ2) is 5.90. The number of hydrogen-bond acceptors (Lipinski definition) is 4. The van der Waals surface area contributed by atoms with Crippen LogP contribution in [0.25, 0.3) is 0 Å². The molecule has 0 fully saturated rings. The fourth-order valence-corrected chi connectivity index (χ4v) is 2.20. The fourth-order valence-electron chi connectivity index (χ4n) is 1.52. The average molecular weight is 354 g/mol. The largest absolute Gasteiger partial charge is 0.456 e. The smallest absolute Gasteiger partial charge is 0.288 e. The zero-order chi connectivity index (χ0) is 14.7.